The lowest BCUT2D eigenvalue weighted by Crippen LogP contribution is -2.45. The van der Waals surface area contributed by atoms with Crippen molar-refractivity contribution in [1.29, 1.82) is 0 Å². The van der Waals surface area contributed by atoms with E-state index in [1.807, 2.05) is 0 Å². The van der Waals surface area contributed by atoms with Crippen LogP contribution in [0.2, 0.25) is 0 Å². The third-order valence-electron chi connectivity index (χ3n) is 3.50. The molecule has 1 fully saturated rings. The second kappa shape index (κ2) is 8.48. The first-order chi connectivity index (χ1) is 8.61. The van der Waals surface area contributed by atoms with Gasteiger partial charge in [-0.05, 0) is 25.2 Å². The highest BCUT2D eigenvalue weighted by Gasteiger charge is 2.16. The van der Waals surface area contributed by atoms with Crippen LogP contribution in [0.1, 0.15) is 52.4 Å². The van der Waals surface area contributed by atoms with Gasteiger partial charge in [0.25, 0.3) is 0 Å². The molecular formula is C14H28N2O2. The molecule has 1 unspecified atom stereocenters. The van der Waals surface area contributed by atoms with Crippen LogP contribution in [0.25, 0.3) is 0 Å². The third kappa shape index (κ3) is 6.36. The highest BCUT2D eigenvalue weighted by atomic mass is 16.3. The van der Waals surface area contributed by atoms with E-state index in [0.29, 0.717) is 18.5 Å². The Labute approximate surface area is 111 Å². The second-order valence-electron chi connectivity index (χ2n) is 5.79. The van der Waals surface area contributed by atoms with Gasteiger partial charge in [0.2, 0.25) is 5.91 Å². The summed E-state index contributed by atoms with van der Waals surface area (Å²) >= 11 is 0. The molecule has 0 saturated heterocycles. The van der Waals surface area contributed by atoms with Crippen LogP contribution in [0.15, 0.2) is 0 Å². The van der Waals surface area contributed by atoms with Crippen LogP contribution >= 0.6 is 0 Å². The predicted molar refractivity (Wildman–Crippen MR) is 73.3 cm³/mol. The van der Waals surface area contributed by atoms with Gasteiger partial charge < -0.3 is 15.7 Å². The molecule has 1 atom stereocenters. The third-order valence-corrected chi connectivity index (χ3v) is 3.50. The average molecular weight is 256 g/mol. The van der Waals surface area contributed by atoms with Crippen molar-refractivity contribution in [3.63, 3.8) is 0 Å². The number of carbonyl (C=O) groups is 1. The van der Waals surface area contributed by atoms with Crippen molar-refractivity contribution in [2.24, 2.45) is 5.92 Å². The van der Waals surface area contributed by atoms with Gasteiger partial charge in [0.1, 0.15) is 0 Å². The van der Waals surface area contributed by atoms with Crippen LogP contribution in [0.5, 0.6) is 0 Å². The molecule has 18 heavy (non-hydrogen) atoms. The van der Waals surface area contributed by atoms with Crippen LogP contribution in [-0.4, -0.2) is 36.2 Å². The Morgan fingerprint density at radius 1 is 1.28 bits per heavy atom. The summed E-state index contributed by atoms with van der Waals surface area (Å²) in [4.78, 5) is 11.8. The van der Waals surface area contributed by atoms with Crippen molar-refractivity contribution in [3.05, 3.63) is 0 Å². The first kappa shape index (κ1) is 15.4. The fraction of sp³-hybridized carbons (Fsp3) is 0.929. The zero-order chi connectivity index (χ0) is 13.4. The minimum Gasteiger partial charge on any atom is -0.395 e. The fourth-order valence-electron chi connectivity index (χ4n) is 2.55. The first-order valence-electron chi connectivity index (χ1n) is 7.25. The van der Waals surface area contributed by atoms with E-state index in [1.54, 1.807) is 0 Å². The van der Waals surface area contributed by atoms with Crippen LogP contribution in [0.3, 0.4) is 0 Å². The first-order valence-corrected chi connectivity index (χ1v) is 7.25. The van der Waals surface area contributed by atoms with Crippen molar-refractivity contribution in [2.75, 3.05) is 13.2 Å². The minimum atomic E-state index is 0.0297. The van der Waals surface area contributed by atoms with Gasteiger partial charge in [0.05, 0.1) is 13.2 Å². The van der Waals surface area contributed by atoms with Gasteiger partial charge in [-0.3, -0.25) is 4.79 Å². The molecule has 0 aromatic carbocycles. The van der Waals surface area contributed by atoms with Crippen LogP contribution in [-0.2, 0) is 4.79 Å². The molecular weight excluding hydrogens is 228 g/mol. The maximum Gasteiger partial charge on any atom is 0.234 e. The fourth-order valence-corrected chi connectivity index (χ4v) is 2.55. The van der Waals surface area contributed by atoms with Crippen LogP contribution in [0, 0.1) is 5.92 Å². The lowest BCUT2D eigenvalue weighted by molar-refractivity contribution is -0.121. The molecule has 1 aliphatic carbocycles. The topological polar surface area (TPSA) is 61.4 Å². The molecule has 4 heteroatoms. The molecule has 1 rings (SSSR count). The molecule has 4 nitrogen and oxygen atoms in total. The molecule has 0 spiro atoms. The van der Waals surface area contributed by atoms with Gasteiger partial charge in [0.15, 0.2) is 0 Å². The van der Waals surface area contributed by atoms with Crippen molar-refractivity contribution in [3.8, 4) is 0 Å². The lowest BCUT2D eigenvalue weighted by atomic mass is 9.95. The maximum absolute atomic E-state index is 11.8. The Hall–Kier alpha value is -0.610. The zero-order valence-electron chi connectivity index (χ0n) is 11.7. The largest absolute Gasteiger partial charge is 0.395 e. The summed E-state index contributed by atoms with van der Waals surface area (Å²) in [6.07, 6.45) is 6.87. The molecule has 1 aliphatic rings. The van der Waals surface area contributed by atoms with Gasteiger partial charge in [-0.25, -0.2) is 0 Å². The summed E-state index contributed by atoms with van der Waals surface area (Å²) in [5, 5.41) is 15.4. The van der Waals surface area contributed by atoms with Gasteiger partial charge >= 0.3 is 0 Å². The summed E-state index contributed by atoms with van der Waals surface area (Å²) in [7, 11) is 0. The maximum atomic E-state index is 11.8. The minimum absolute atomic E-state index is 0.0297. The molecule has 106 valence electrons. The van der Waals surface area contributed by atoms with Crippen molar-refractivity contribution >= 4 is 5.91 Å². The summed E-state index contributed by atoms with van der Waals surface area (Å²) in [6, 6.07) is 0.396. The normalized spacial score (nSPS) is 18.9. The summed E-state index contributed by atoms with van der Waals surface area (Å²) in [5.41, 5.74) is 0. The average Bonchev–Trinajstić information content (AvgIpc) is 2.35. The summed E-state index contributed by atoms with van der Waals surface area (Å²) in [5.74, 6) is 0.583. The Bertz CT molecular complexity index is 238. The Kier molecular flexibility index (Phi) is 7.28. The number of hydrogen-bond donors (Lipinski definition) is 3. The molecule has 3 N–H and O–H groups in total. The standard InChI is InChI=1S/C14H28N2O2/c1-11(2)8-13(10-17)15-9-14(18)16-12-6-4-3-5-7-12/h11-13,15,17H,3-10H2,1-2H3,(H,16,18). The SMILES string of the molecule is CC(C)CC(CO)NCC(=O)NC1CCCCC1. The second-order valence-corrected chi connectivity index (χ2v) is 5.79. The molecule has 1 amide bonds. The molecule has 0 bridgehead atoms. The van der Waals surface area contributed by atoms with Crippen LogP contribution in [0.4, 0.5) is 0 Å². The highest BCUT2D eigenvalue weighted by Crippen LogP contribution is 2.17. The van der Waals surface area contributed by atoms with Gasteiger partial charge in [-0.1, -0.05) is 33.1 Å². The quantitative estimate of drug-likeness (QED) is 0.646. The molecule has 1 saturated carbocycles. The monoisotopic (exact) mass is 256 g/mol. The van der Waals surface area contributed by atoms with Gasteiger partial charge in [-0.2, -0.15) is 0 Å². The molecule has 0 aromatic heterocycles. The number of nitrogens with one attached hydrogen (secondary N) is 2. The van der Waals surface area contributed by atoms with Crippen molar-refractivity contribution < 1.29 is 9.90 Å². The van der Waals surface area contributed by atoms with E-state index in [2.05, 4.69) is 24.5 Å². The summed E-state index contributed by atoms with van der Waals surface area (Å²) < 4.78 is 0. The van der Waals surface area contributed by atoms with E-state index in [9.17, 15) is 9.90 Å². The predicted octanol–water partition coefficient (Wildman–Crippen LogP) is 1.43. The van der Waals surface area contributed by atoms with E-state index in [0.717, 1.165) is 19.3 Å². The van der Waals surface area contributed by atoms with E-state index in [1.165, 1.54) is 19.3 Å². The van der Waals surface area contributed by atoms with Gasteiger partial charge in [-0.15, -0.1) is 0 Å². The van der Waals surface area contributed by atoms with Crippen LogP contribution < -0.4 is 10.6 Å². The molecule has 0 aromatic rings. The smallest absolute Gasteiger partial charge is 0.234 e. The molecule has 0 heterocycles. The van der Waals surface area contributed by atoms with E-state index >= 15 is 0 Å². The Morgan fingerprint density at radius 3 is 2.50 bits per heavy atom. The Balaban J connectivity index is 2.18. The molecule has 0 aliphatic heterocycles. The van der Waals surface area contributed by atoms with E-state index in [-0.39, 0.29) is 18.6 Å². The number of hydrogen-bond acceptors (Lipinski definition) is 3. The summed E-state index contributed by atoms with van der Waals surface area (Å²) in [6.45, 7) is 4.64. The van der Waals surface area contributed by atoms with E-state index in [4.69, 9.17) is 0 Å². The zero-order valence-corrected chi connectivity index (χ0v) is 11.7. The Morgan fingerprint density at radius 2 is 1.94 bits per heavy atom. The number of amides is 1. The lowest BCUT2D eigenvalue weighted by Gasteiger charge is -2.24. The number of carbonyl (C=O) groups excluding carboxylic acids is 1. The highest BCUT2D eigenvalue weighted by molar-refractivity contribution is 5.78. The van der Waals surface area contributed by atoms with Crippen molar-refractivity contribution in [1.82, 2.24) is 10.6 Å². The van der Waals surface area contributed by atoms with Gasteiger partial charge in [0, 0.05) is 12.1 Å². The number of aliphatic hydroxyl groups is 1. The van der Waals surface area contributed by atoms with Crippen molar-refractivity contribution in [2.45, 2.75) is 64.5 Å². The van der Waals surface area contributed by atoms with E-state index < -0.39 is 0 Å². The number of aliphatic hydroxyl groups excluding tert-OH is 1. The molecule has 0 radical (unpaired) electrons. The number of rotatable bonds is 7.